The molecule has 0 spiro atoms. The largest absolute Gasteiger partial charge is 0.486 e. The predicted octanol–water partition coefficient (Wildman–Crippen LogP) is 4.08. The second kappa shape index (κ2) is 9.53. The highest BCUT2D eigenvalue weighted by Crippen LogP contribution is 2.48. The molecule has 1 aromatic heterocycles. The van der Waals surface area contributed by atoms with E-state index in [2.05, 4.69) is 22.9 Å². The first kappa shape index (κ1) is 25.6. The van der Waals surface area contributed by atoms with Gasteiger partial charge in [0.25, 0.3) is 11.5 Å². The number of ether oxygens (including phenoxy) is 2. The molecule has 204 valence electrons. The number of nitrogens with zero attached hydrogens (tertiary/aromatic N) is 2. The van der Waals surface area contributed by atoms with Gasteiger partial charge in [-0.2, -0.15) is 0 Å². The molecule has 1 aromatic carbocycles. The molecule has 6 rings (SSSR count). The number of likely N-dealkylation sites (tertiary alicyclic amines) is 1. The lowest BCUT2D eigenvalue weighted by Crippen LogP contribution is -2.57. The number of carbonyl (C=O) groups is 1. The van der Waals surface area contributed by atoms with E-state index < -0.39 is 0 Å². The first-order valence-electron chi connectivity index (χ1n) is 14.3. The fraction of sp³-hybridized carbons (Fsp3) is 0.613. The summed E-state index contributed by atoms with van der Waals surface area (Å²) in [6.07, 6.45) is 6.92. The van der Waals surface area contributed by atoms with Crippen LogP contribution in [0.4, 0.5) is 0 Å². The van der Waals surface area contributed by atoms with Crippen molar-refractivity contribution in [2.75, 3.05) is 26.7 Å². The highest BCUT2D eigenvalue weighted by molar-refractivity contribution is 5.99. The number of nitrogens with one attached hydrogen (secondary N) is 1. The average molecular weight is 520 g/mol. The summed E-state index contributed by atoms with van der Waals surface area (Å²) in [6, 6.07) is 4.88. The number of fused-ring (bicyclic) bond motifs is 2. The second-order valence-electron chi connectivity index (χ2n) is 12.4. The molecular formula is C31H41N3O4. The summed E-state index contributed by atoms with van der Waals surface area (Å²) in [4.78, 5) is 33.6. The molecule has 2 aromatic rings. The molecule has 3 aliphatic heterocycles. The maximum atomic E-state index is 13.7. The topological polar surface area (TPSA) is 74.9 Å². The molecule has 2 fully saturated rings. The van der Waals surface area contributed by atoms with Crippen LogP contribution in [0.25, 0.3) is 0 Å². The van der Waals surface area contributed by atoms with Crippen LogP contribution in [-0.4, -0.2) is 65.2 Å². The van der Waals surface area contributed by atoms with Gasteiger partial charge in [-0.15, -0.1) is 0 Å². The number of hydrogen-bond acceptors (Lipinski definition) is 5. The van der Waals surface area contributed by atoms with Crippen molar-refractivity contribution in [1.29, 1.82) is 0 Å². The molecule has 0 radical (unpaired) electrons. The summed E-state index contributed by atoms with van der Waals surface area (Å²) in [7, 11) is 1.81. The minimum absolute atomic E-state index is 0.00699. The van der Waals surface area contributed by atoms with Gasteiger partial charge in [-0.05, 0) is 88.5 Å². The number of hydrogen-bond donors (Lipinski definition) is 1. The molecule has 38 heavy (non-hydrogen) atoms. The van der Waals surface area contributed by atoms with Crippen molar-refractivity contribution in [3.63, 3.8) is 0 Å². The highest BCUT2D eigenvalue weighted by atomic mass is 16.5. The fourth-order valence-electron chi connectivity index (χ4n) is 7.49. The van der Waals surface area contributed by atoms with Crippen molar-refractivity contribution in [2.45, 2.75) is 90.5 Å². The van der Waals surface area contributed by atoms with Crippen LogP contribution in [0.2, 0.25) is 0 Å². The predicted molar refractivity (Wildman–Crippen MR) is 147 cm³/mol. The van der Waals surface area contributed by atoms with Crippen molar-refractivity contribution in [1.82, 2.24) is 14.8 Å². The molecule has 7 heteroatoms. The molecule has 1 N–H and O–H groups in total. The summed E-state index contributed by atoms with van der Waals surface area (Å²) < 4.78 is 12.3. The Bertz CT molecular complexity index is 1320. The number of benzene rings is 1. The zero-order chi connectivity index (χ0) is 26.8. The van der Waals surface area contributed by atoms with E-state index >= 15 is 0 Å². The van der Waals surface area contributed by atoms with Gasteiger partial charge >= 0.3 is 0 Å². The second-order valence-corrected chi connectivity index (χ2v) is 12.4. The number of aryl methyl sites for hydroxylation is 2. The van der Waals surface area contributed by atoms with Gasteiger partial charge in [0, 0.05) is 61.6 Å². The number of pyridine rings is 1. The van der Waals surface area contributed by atoms with Crippen LogP contribution in [0.15, 0.2) is 16.9 Å². The van der Waals surface area contributed by atoms with E-state index in [1.165, 1.54) is 31.2 Å². The Labute approximate surface area is 225 Å². The lowest BCUT2D eigenvalue weighted by molar-refractivity contribution is -0.0677. The van der Waals surface area contributed by atoms with Crippen LogP contribution in [0, 0.1) is 26.7 Å². The van der Waals surface area contributed by atoms with E-state index in [1.54, 1.807) is 0 Å². The van der Waals surface area contributed by atoms with Gasteiger partial charge in [0.05, 0.1) is 12.6 Å². The van der Waals surface area contributed by atoms with E-state index in [1.807, 2.05) is 38.8 Å². The summed E-state index contributed by atoms with van der Waals surface area (Å²) in [5, 5.41) is 0. The minimum Gasteiger partial charge on any atom is -0.486 e. The number of amides is 1. The van der Waals surface area contributed by atoms with Crippen LogP contribution < -0.4 is 10.3 Å². The zero-order valence-corrected chi connectivity index (χ0v) is 23.5. The number of aromatic nitrogens is 1. The lowest BCUT2D eigenvalue weighted by Gasteiger charge is -2.47. The number of aromatic amines is 1. The summed E-state index contributed by atoms with van der Waals surface area (Å²) in [6.45, 7) is 11.2. The SMILES string of the molecule is COC1CN(C2CCC([C@@]3(C)Cc4cc5c(c(C)c4O3)C(=O)N(Cc3c(C)cc(C)[nH]c3=O)CC5)CC2)C1. The summed E-state index contributed by atoms with van der Waals surface area (Å²) >= 11 is 0. The number of rotatable bonds is 5. The first-order chi connectivity index (χ1) is 18.2. The van der Waals surface area contributed by atoms with Gasteiger partial charge in [-0.3, -0.25) is 14.5 Å². The minimum atomic E-state index is -0.221. The Morgan fingerprint density at radius 1 is 1.08 bits per heavy atom. The Morgan fingerprint density at radius 2 is 1.82 bits per heavy atom. The molecule has 7 nitrogen and oxygen atoms in total. The maximum absolute atomic E-state index is 13.7. The molecule has 4 aliphatic rings. The van der Waals surface area contributed by atoms with Gasteiger partial charge in [0.2, 0.25) is 0 Å². The van der Waals surface area contributed by atoms with Crippen LogP contribution >= 0.6 is 0 Å². The standard InChI is InChI=1S/C31H41N3O4/c1-18-12-19(2)32-29(35)26(18)17-33-11-10-21-13-22-14-31(4,38-28(22)20(3)27(21)30(33)36)23-6-8-24(9-7-23)34-15-25(16-34)37-5/h12-13,23-25H,6-11,14-17H2,1-5H3,(H,32,35)/t23?,24?,31-/m1/s1. The Kier molecular flexibility index (Phi) is 6.42. The van der Waals surface area contributed by atoms with Crippen molar-refractivity contribution in [3.05, 3.63) is 61.6 Å². The smallest absolute Gasteiger partial charge is 0.254 e. The van der Waals surface area contributed by atoms with Gasteiger partial charge in [0.1, 0.15) is 11.4 Å². The number of methoxy groups -OCH3 is 1. The van der Waals surface area contributed by atoms with E-state index in [9.17, 15) is 9.59 Å². The third-order valence-corrected chi connectivity index (χ3v) is 9.83. The molecule has 0 bridgehead atoms. The molecule has 1 aliphatic carbocycles. The van der Waals surface area contributed by atoms with Crippen molar-refractivity contribution in [2.24, 2.45) is 5.92 Å². The van der Waals surface area contributed by atoms with Crippen LogP contribution in [0.1, 0.15) is 76.5 Å². The highest BCUT2D eigenvalue weighted by Gasteiger charge is 2.46. The molecule has 4 heterocycles. The molecule has 1 saturated carbocycles. The van der Waals surface area contributed by atoms with E-state index in [4.69, 9.17) is 9.47 Å². The molecule has 1 atom stereocenters. The summed E-state index contributed by atoms with van der Waals surface area (Å²) in [5.41, 5.74) is 6.22. The lowest BCUT2D eigenvalue weighted by atomic mass is 9.74. The van der Waals surface area contributed by atoms with Crippen molar-refractivity contribution >= 4 is 5.91 Å². The monoisotopic (exact) mass is 519 g/mol. The zero-order valence-electron chi connectivity index (χ0n) is 23.5. The Morgan fingerprint density at radius 3 is 2.50 bits per heavy atom. The average Bonchev–Trinajstić information content (AvgIpc) is 3.20. The number of carbonyl (C=O) groups excluding carboxylic acids is 1. The molecule has 0 unspecified atom stereocenters. The van der Waals surface area contributed by atoms with Crippen LogP contribution in [-0.2, 0) is 24.1 Å². The van der Waals surface area contributed by atoms with Crippen LogP contribution in [0.3, 0.4) is 0 Å². The fourth-order valence-corrected chi connectivity index (χ4v) is 7.49. The van der Waals surface area contributed by atoms with Gasteiger partial charge in [-0.1, -0.05) is 6.07 Å². The first-order valence-corrected chi connectivity index (χ1v) is 14.3. The molecule has 1 amide bonds. The van der Waals surface area contributed by atoms with Gasteiger partial charge in [-0.25, -0.2) is 0 Å². The van der Waals surface area contributed by atoms with Crippen LogP contribution in [0.5, 0.6) is 5.75 Å². The van der Waals surface area contributed by atoms with Crippen molar-refractivity contribution in [3.8, 4) is 5.75 Å². The maximum Gasteiger partial charge on any atom is 0.254 e. The quantitative estimate of drug-likeness (QED) is 0.644. The van der Waals surface area contributed by atoms with Crippen molar-refractivity contribution < 1.29 is 14.3 Å². The molecule has 1 saturated heterocycles. The Balaban J connectivity index is 1.18. The van der Waals surface area contributed by atoms with Gasteiger partial charge in [0.15, 0.2) is 0 Å². The third-order valence-electron chi connectivity index (χ3n) is 9.83. The van der Waals surface area contributed by atoms with E-state index in [-0.39, 0.29) is 17.1 Å². The summed E-state index contributed by atoms with van der Waals surface area (Å²) in [5.74, 6) is 1.44. The molecular weight excluding hydrogens is 478 g/mol. The van der Waals surface area contributed by atoms with E-state index in [0.717, 1.165) is 59.6 Å². The van der Waals surface area contributed by atoms with E-state index in [0.29, 0.717) is 36.7 Å². The van der Waals surface area contributed by atoms with Gasteiger partial charge < -0.3 is 19.4 Å². The number of H-pyrrole nitrogens is 1. The normalized spacial score (nSPS) is 27.6. The third kappa shape index (κ3) is 4.28. The Hall–Kier alpha value is -2.64.